The first-order valence-electron chi connectivity index (χ1n) is 11.3. The number of para-hydroxylation sites is 1. The molecule has 6 nitrogen and oxygen atoms in total. The molecule has 1 N–H and O–H groups in total. The number of benzene rings is 4. The summed E-state index contributed by atoms with van der Waals surface area (Å²) in [6.07, 6.45) is 0. The number of hydrogen-bond donors (Lipinski definition) is 1. The largest absolute Gasteiger partial charge is 0.269 e. The van der Waals surface area contributed by atoms with Crippen LogP contribution in [0.25, 0.3) is 22.0 Å². The number of nitrogens with one attached hydrogen (secondary N) is 1. The van der Waals surface area contributed by atoms with Gasteiger partial charge in [-0.05, 0) is 47.4 Å². The van der Waals surface area contributed by atoms with E-state index >= 15 is 0 Å². The molecule has 0 aliphatic heterocycles. The predicted octanol–water partition coefficient (Wildman–Crippen LogP) is 5.33. The van der Waals surface area contributed by atoms with Gasteiger partial charge in [0.1, 0.15) is 0 Å². The third kappa shape index (κ3) is 4.35. The molecule has 5 aromatic rings. The van der Waals surface area contributed by atoms with Crippen molar-refractivity contribution < 1.29 is 16.8 Å². The average molecular weight is 517 g/mol. The number of fused-ring (bicyclic) bond motifs is 1. The number of rotatable bonds is 7. The summed E-state index contributed by atoms with van der Waals surface area (Å²) in [5.41, 5.74) is 3.52. The molecule has 0 radical (unpaired) electrons. The van der Waals surface area contributed by atoms with E-state index in [0.29, 0.717) is 16.5 Å². The van der Waals surface area contributed by atoms with Crippen molar-refractivity contribution in [1.82, 2.24) is 8.69 Å². The van der Waals surface area contributed by atoms with Crippen molar-refractivity contribution in [2.45, 2.75) is 23.4 Å². The fraction of sp³-hybridized carbons (Fsp3) is 0.0714. The lowest BCUT2D eigenvalue weighted by Crippen LogP contribution is -2.28. The summed E-state index contributed by atoms with van der Waals surface area (Å²) in [7, 11) is -8.38. The molecule has 0 saturated carbocycles. The number of nitrogens with zero attached hydrogens (tertiary/aromatic N) is 1. The second kappa shape index (κ2) is 9.39. The van der Waals surface area contributed by atoms with Crippen LogP contribution in [0.2, 0.25) is 0 Å². The standard InChI is InChI=1S/C28H24N2O4S2/c1-21-26-14-8-9-15-27(26)30(36(33,34)25-12-6-3-7-13-25)28(21)35(31,32)29-20-22-16-18-24(19-17-22)23-10-4-2-5-11-23/h2-19,29H,20H2,1H3. The summed E-state index contributed by atoms with van der Waals surface area (Å²) in [4.78, 5) is 0.0127. The molecule has 0 spiro atoms. The zero-order valence-corrected chi connectivity index (χ0v) is 21.1. The molecule has 0 atom stereocenters. The lowest BCUT2D eigenvalue weighted by molar-refractivity contribution is 0.565. The van der Waals surface area contributed by atoms with E-state index in [0.717, 1.165) is 20.7 Å². The van der Waals surface area contributed by atoms with Crippen LogP contribution in [-0.4, -0.2) is 20.8 Å². The molecule has 0 unspecified atom stereocenters. The van der Waals surface area contributed by atoms with E-state index in [9.17, 15) is 16.8 Å². The van der Waals surface area contributed by atoms with Crippen LogP contribution in [-0.2, 0) is 26.6 Å². The van der Waals surface area contributed by atoms with E-state index < -0.39 is 20.0 Å². The van der Waals surface area contributed by atoms with Crippen molar-refractivity contribution in [3.8, 4) is 11.1 Å². The maximum Gasteiger partial charge on any atom is 0.269 e. The minimum absolute atomic E-state index is 0.0127. The molecule has 5 rings (SSSR count). The van der Waals surface area contributed by atoms with Crippen LogP contribution in [0, 0.1) is 6.92 Å². The number of aromatic nitrogens is 1. The predicted molar refractivity (Wildman–Crippen MR) is 142 cm³/mol. The van der Waals surface area contributed by atoms with Gasteiger partial charge in [0.05, 0.1) is 10.4 Å². The Balaban J connectivity index is 1.53. The third-order valence-electron chi connectivity index (χ3n) is 6.10. The van der Waals surface area contributed by atoms with Crippen LogP contribution in [0.3, 0.4) is 0 Å². The van der Waals surface area contributed by atoms with Crippen molar-refractivity contribution in [3.63, 3.8) is 0 Å². The summed E-state index contributed by atoms with van der Waals surface area (Å²) in [5.74, 6) is 0. The van der Waals surface area contributed by atoms with Gasteiger partial charge in [-0.2, -0.15) is 0 Å². The Hall–Kier alpha value is -3.72. The van der Waals surface area contributed by atoms with E-state index in [1.165, 1.54) is 12.1 Å². The van der Waals surface area contributed by atoms with Crippen molar-refractivity contribution in [3.05, 3.63) is 120 Å². The number of sulfonamides is 1. The van der Waals surface area contributed by atoms with E-state index in [1.807, 2.05) is 54.6 Å². The molecule has 0 saturated heterocycles. The highest BCUT2D eigenvalue weighted by Crippen LogP contribution is 2.32. The monoisotopic (exact) mass is 516 g/mol. The summed E-state index contributed by atoms with van der Waals surface area (Å²) in [6.45, 7) is 1.65. The van der Waals surface area contributed by atoms with Gasteiger partial charge in [-0.25, -0.2) is 25.5 Å². The Labute approximate surface area is 211 Å². The minimum atomic E-state index is -4.20. The zero-order chi connectivity index (χ0) is 25.3. The topological polar surface area (TPSA) is 85.2 Å². The fourth-order valence-corrected chi connectivity index (χ4v) is 7.68. The van der Waals surface area contributed by atoms with Gasteiger partial charge in [0.15, 0.2) is 5.03 Å². The SMILES string of the molecule is Cc1c(S(=O)(=O)NCc2ccc(-c3ccccc3)cc2)n(S(=O)(=O)c2ccccc2)c2ccccc12. The minimum Gasteiger partial charge on any atom is -0.221 e. The average Bonchev–Trinajstić information content (AvgIpc) is 3.23. The van der Waals surface area contributed by atoms with Gasteiger partial charge in [-0.15, -0.1) is 0 Å². The molecule has 0 amide bonds. The third-order valence-corrected chi connectivity index (χ3v) is 9.46. The van der Waals surface area contributed by atoms with Crippen molar-refractivity contribution in [2.75, 3.05) is 0 Å². The first-order valence-corrected chi connectivity index (χ1v) is 14.3. The molecule has 182 valence electrons. The summed E-state index contributed by atoms with van der Waals surface area (Å²) in [5, 5.41) is 0.276. The fourth-order valence-electron chi connectivity index (χ4n) is 4.28. The van der Waals surface area contributed by atoms with Gasteiger partial charge in [-0.3, -0.25) is 0 Å². The molecule has 0 fully saturated rings. The van der Waals surface area contributed by atoms with E-state index in [2.05, 4.69) is 4.72 Å². The van der Waals surface area contributed by atoms with Gasteiger partial charge in [-0.1, -0.05) is 91.0 Å². The van der Waals surface area contributed by atoms with Crippen LogP contribution in [0.1, 0.15) is 11.1 Å². The number of aryl methyl sites for hydroxylation is 1. The van der Waals surface area contributed by atoms with Crippen LogP contribution < -0.4 is 4.72 Å². The Morgan fingerprint density at radius 1 is 0.667 bits per heavy atom. The van der Waals surface area contributed by atoms with Crippen LogP contribution in [0.4, 0.5) is 0 Å². The van der Waals surface area contributed by atoms with Crippen molar-refractivity contribution in [1.29, 1.82) is 0 Å². The summed E-state index contributed by atoms with van der Waals surface area (Å²) in [6, 6.07) is 32.1. The van der Waals surface area contributed by atoms with Gasteiger partial charge in [0.25, 0.3) is 20.0 Å². The lowest BCUT2D eigenvalue weighted by Gasteiger charge is -2.14. The van der Waals surface area contributed by atoms with Gasteiger partial charge in [0, 0.05) is 11.9 Å². The van der Waals surface area contributed by atoms with E-state index in [-0.39, 0.29) is 16.5 Å². The van der Waals surface area contributed by atoms with E-state index in [1.54, 1.807) is 49.4 Å². The molecule has 4 aromatic carbocycles. The molecule has 0 bridgehead atoms. The highest BCUT2D eigenvalue weighted by Gasteiger charge is 2.32. The smallest absolute Gasteiger partial charge is 0.221 e. The molecule has 1 heterocycles. The highest BCUT2D eigenvalue weighted by atomic mass is 32.2. The lowest BCUT2D eigenvalue weighted by atomic mass is 10.0. The first kappa shape index (κ1) is 24.0. The zero-order valence-electron chi connectivity index (χ0n) is 19.5. The Morgan fingerprint density at radius 3 is 1.89 bits per heavy atom. The molecular weight excluding hydrogens is 492 g/mol. The second-order valence-corrected chi connectivity index (χ2v) is 11.9. The quantitative estimate of drug-likeness (QED) is 0.317. The van der Waals surface area contributed by atoms with Crippen molar-refractivity contribution >= 4 is 30.9 Å². The van der Waals surface area contributed by atoms with Crippen LogP contribution in [0.5, 0.6) is 0 Å². The summed E-state index contributed by atoms with van der Waals surface area (Å²) < 4.78 is 58.0. The summed E-state index contributed by atoms with van der Waals surface area (Å²) >= 11 is 0. The molecule has 0 aliphatic carbocycles. The van der Waals surface area contributed by atoms with Crippen LogP contribution in [0.15, 0.2) is 119 Å². The van der Waals surface area contributed by atoms with Gasteiger partial charge >= 0.3 is 0 Å². The van der Waals surface area contributed by atoms with Crippen LogP contribution >= 0.6 is 0 Å². The maximum absolute atomic E-state index is 13.6. The highest BCUT2D eigenvalue weighted by molar-refractivity contribution is 7.92. The Bertz CT molecular complexity index is 1740. The molecular formula is C28H24N2O4S2. The Kier molecular flexibility index (Phi) is 6.26. The molecule has 0 aliphatic rings. The van der Waals surface area contributed by atoms with Gasteiger partial charge in [0.2, 0.25) is 0 Å². The Morgan fingerprint density at radius 2 is 1.22 bits per heavy atom. The van der Waals surface area contributed by atoms with E-state index in [4.69, 9.17) is 0 Å². The molecule has 36 heavy (non-hydrogen) atoms. The van der Waals surface area contributed by atoms with Crippen molar-refractivity contribution in [2.24, 2.45) is 0 Å². The molecule has 1 aromatic heterocycles. The normalized spacial score (nSPS) is 12.1. The second-order valence-electron chi connectivity index (χ2n) is 8.42. The number of hydrogen-bond acceptors (Lipinski definition) is 4. The molecule has 8 heteroatoms. The maximum atomic E-state index is 13.6. The first-order chi connectivity index (χ1) is 17.3. The van der Waals surface area contributed by atoms with Gasteiger partial charge < -0.3 is 0 Å².